The van der Waals surface area contributed by atoms with Crippen LogP contribution in [0.15, 0.2) is 4.99 Å². The van der Waals surface area contributed by atoms with Gasteiger partial charge in [-0.15, -0.1) is 0 Å². The Morgan fingerprint density at radius 3 is 2.93 bits per heavy atom. The van der Waals surface area contributed by atoms with Crippen LogP contribution in [-0.2, 0) is 4.79 Å². The smallest absolute Gasteiger partial charge is 0.264 e. The molecule has 14 heavy (non-hydrogen) atoms. The molecule has 0 aromatic rings. The first-order valence-corrected chi connectivity index (χ1v) is 5.41. The average Bonchev–Trinajstić information content (AvgIpc) is 2.82. The van der Waals surface area contributed by atoms with E-state index in [-0.39, 0.29) is 12.2 Å². The van der Waals surface area contributed by atoms with Crippen molar-refractivity contribution in [3.05, 3.63) is 0 Å². The fourth-order valence-corrected chi connectivity index (χ4v) is 3.09. The number of hydrogen-bond donors (Lipinski definition) is 2. The fraction of sp³-hybridized carbons (Fsp3) is 0.800. The molecular weight excluding hydrogens is 178 g/mol. The first-order valence-electron chi connectivity index (χ1n) is 5.41. The van der Waals surface area contributed by atoms with Crippen molar-refractivity contribution in [1.82, 2.24) is 10.6 Å². The molecule has 4 atom stereocenters. The lowest BCUT2D eigenvalue weighted by atomic mass is 9.95. The zero-order valence-corrected chi connectivity index (χ0v) is 8.07. The molecule has 1 amide bonds. The van der Waals surface area contributed by atoms with Crippen LogP contribution in [0.3, 0.4) is 0 Å². The first kappa shape index (κ1) is 8.41. The number of nitrogens with one attached hydrogen (secondary N) is 2. The molecule has 2 fully saturated rings. The molecule has 4 unspecified atom stereocenters. The summed E-state index contributed by atoms with van der Waals surface area (Å²) in [4.78, 5) is 15.0. The highest BCUT2D eigenvalue weighted by molar-refractivity contribution is 6.27. The molecule has 0 saturated heterocycles. The monoisotopic (exact) mass is 193 g/mol. The van der Waals surface area contributed by atoms with Gasteiger partial charge in [-0.05, 0) is 31.1 Å². The fourth-order valence-electron chi connectivity index (χ4n) is 3.09. The van der Waals surface area contributed by atoms with Crippen molar-refractivity contribution in [2.45, 2.75) is 38.0 Å². The number of amides is 1. The SMILES string of the molecule is O=C1C=NC(NC2CC3CCC2C3)N1. The van der Waals surface area contributed by atoms with Crippen molar-refractivity contribution >= 4 is 12.1 Å². The summed E-state index contributed by atoms with van der Waals surface area (Å²) in [5.74, 6) is 1.68. The van der Waals surface area contributed by atoms with Crippen LogP contribution < -0.4 is 10.6 Å². The number of aliphatic imine (C=N–C) groups is 1. The minimum absolute atomic E-state index is 0.0781. The molecule has 2 aliphatic carbocycles. The highest BCUT2D eigenvalue weighted by atomic mass is 16.2. The van der Waals surface area contributed by atoms with E-state index < -0.39 is 0 Å². The van der Waals surface area contributed by atoms with Crippen LogP contribution in [0.4, 0.5) is 0 Å². The molecule has 0 radical (unpaired) electrons. The molecule has 3 aliphatic rings. The molecule has 2 saturated carbocycles. The van der Waals surface area contributed by atoms with E-state index in [9.17, 15) is 4.79 Å². The van der Waals surface area contributed by atoms with Gasteiger partial charge in [0.15, 0.2) is 6.29 Å². The van der Waals surface area contributed by atoms with Crippen LogP contribution in [0.2, 0.25) is 0 Å². The predicted molar refractivity (Wildman–Crippen MR) is 52.8 cm³/mol. The van der Waals surface area contributed by atoms with Crippen LogP contribution in [-0.4, -0.2) is 24.5 Å². The molecule has 76 valence electrons. The van der Waals surface area contributed by atoms with E-state index in [0.29, 0.717) is 6.04 Å². The van der Waals surface area contributed by atoms with Gasteiger partial charge < -0.3 is 5.32 Å². The summed E-state index contributed by atoms with van der Waals surface area (Å²) in [6, 6.07) is 0.578. The highest BCUT2D eigenvalue weighted by Gasteiger charge is 2.40. The average molecular weight is 193 g/mol. The zero-order valence-electron chi connectivity index (χ0n) is 8.07. The maximum absolute atomic E-state index is 10.9. The normalized spacial score (nSPS) is 44.7. The lowest BCUT2D eigenvalue weighted by Gasteiger charge is -2.25. The van der Waals surface area contributed by atoms with Crippen molar-refractivity contribution in [2.75, 3.05) is 0 Å². The Morgan fingerprint density at radius 2 is 2.36 bits per heavy atom. The lowest BCUT2D eigenvalue weighted by Crippen LogP contribution is -2.47. The summed E-state index contributed by atoms with van der Waals surface area (Å²) in [5.41, 5.74) is 0. The third-order valence-corrected chi connectivity index (χ3v) is 3.73. The van der Waals surface area contributed by atoms with E-state index in [2.05, 4.69) is 15.6 Å². The van der Waals surface area contributed by atoms with Crippen molar-refractivity contribution in [1.29, 1.82) is 0 Å². The number of fused-ring (bicyclic) bond motifs is 2. The molecular formula is C10H15N3O. The Hall–Kier alpha value is -0.900. The summed E-state index contributed by atoms with van der Waals surface area (Å²) in [5, 5.41) is 6.18. The van der Waals surface area contributed by atoms with Gasteiger partial charge in [0.25, 0.3) is 5.91 Å². The van der Waals surface area contributed by atoms with Gasteiger partial charge in [-0.2, -0.15) is 0 Å². The topological polar surface area (TPSA) is 53.5 Å². The van der Waals surface area contributed by atoms with Crippen molar-refractivity contribution in [2.24, 2.45) is 16.8 Å². The summed E-state index contributed by atoms with van der Waals surface area (Å²) < 4.78 is 0. The van der Waals surface area contributed by atoms with Crippen LogP contribution in [0.1, 0.15) is 25.7 Å². The Balaban J connectivity index is 1.58. The Bertz CT molecular complexity index is 289. The molecule has 4 heteroatoms. The molecule has 4 nitrogen and oxygen atoms in total. The summed E-state index contributed by atoms with van der Waals surface area (Å²) >= 11 is 0. The summed E-state index contributed by atoms with van der Waals surface area (Å²) in [6.45, 7) is 0. The van der Waals surface area contributed by atoms with Gasteiger partial charge in [0.2, 0.25) is 0 Å². The van der Waals surface area contributed by atoms with Gasteiger partial charge in [0.05, 0.1) is 6.21 Å². The van der Waals surface area contributed by atoms with Gasteiger partial charge in [0, 0.05) is 6.04 Å². The maximum Gasteiger partial charge on any atom is 0.264 e. The highest BCUT2D eigenvalue weighted by Crippen LogP contribution is 2.44. The Morgan fingerprint density at radius 1 is 1.43 bits per heavy atom. The Kier molecular flexibility index (Phi) is 1.83. The van der Waals surface area contributed by atoms with Gasteiger partial charge in [-0.3, -0.25) is 10.1 Å². The van der Waals surface area contributed by atoms with Gasteiger partial charge in [0.1, 0.15) is 0 Å². The molecule has 2 bridgehead atoms. The van der Waals surface area contributed by atoms with E-state index in [1.807, 2.05) is 0 Å². The van der Waals surface area contributed by atoms with Crippen LogP contribution >= 0.6 is 0 Å². The predicted octanol–water partition coefficient (Wildman–Crippen LogP) is 0.249. The van der Waals surface area contributed by atoms with Gasteiger partial charge >= 0.3 is 0 Å². The van der Waals surface area contributed by atoms with Crippen LogP contribution in [0.25, 0.3) is 0 Å². The zero-order chi connectivity index (χ0) is 9.54. The summed E-state index contributed by atoms with van der Waals surface area (Å²) in [6.07, 6.45) is 6.61. The minimum atomic E-state index is -0.160. The van der Waals surface area contributed by atoms with Crippen LogP contribution in [0.5, 0.6) is 0 Å². The van der Waals surface area contributed by atoms with E-state index in [1.54, 1.807) is 0 Å². The lowest BCUT2D eigenvalue weighted by molar-refractivity contribution is -0.114. The molecule has 2 N–H and O–H groups in total. The molecule has 0 aromatic carbocycles. The van der Waals surface area contributed by atoms with E-state index in [1.165, 1.54) is 31.9 Å². The molecule has 3 rings (SSSR count). The number of nitrogens with zero attached hydrogens (tertiary/aromatic N) is 1. The second-order valence-corrected chi connectivity index (χ2v) is 4.64. The number of carbonyl (C=O) groups is 1. The largest absolute Gasteiger partial charge is 0.317 e. The van der Waals surface area contributed by atoms with Gasteiger partial charge in [-0.25, -0.2) is 4.99 Å². The molecule has 0 aromatic heterocycles. The minimum Gasteiger partial charge on any atom is -0.317 e. The Labute approximate surface area is 83.2 Å². The number of rotatable bonds is 2. The number of hydrogen-bond acceptors (Lipinski definition) is 3. The van der Waals surface area contributed by atoms with Gasteiger partial charge in [-0.1, -0.05) is 6.42 Å². The second kappa shape index (κ2) is 3.05. The molecule has 0 spiro atoms. The maximum atomic E-state index is 10.9. The van der Waals surface area contributed by atoms with Crippen molar-refractivity contribution in [3.63, 3.8) is 0 Å². The first-order chi connectivity index (χ1) is 6.81. The van der Waals surface area contributed by atoms with Crippen molar-refractivity contribution < 1.29 is 4.79 Å². The van der Waals surface area contributed by atoms with E-state index in [4.69, 9.17) is 0 Å². The third kappa shape index (κ3) is 1.34. The quantitative estimate of drug-likeness (QED) is 0.660. The molecule has 1 heterocycles. The van der Waals surface area contributed by atoms with Crippen molar-refractivity contribution in [3.8, 4) is 0 Å². The van der Waals surface area contributed by atoms with E-state index >= 15 is 0 Å². The summed E-state index contributed by atoms with van der Waals surface area (Å²) in [7, 11) is 0. The second-order valence-electron chi connectivity index (χ2n) is 4.64. The molecule has 1 aliphatic heterocycles. The standard InChI is InChI=1S/C10H15N3O/c14-9-5-11-10(13-9)12-8-4-6-1-2-7(8)3-6/h5-8,10,12H,1-4H2,(H,13,14). The third-order valence-electron chi connectivity index (χ3n) is 3.73. The van der Waals surface area contributed by atoms with Crippen LogP contribution in [0, 0.1) is 11.8 Å². The van der Waals surface area contributed by atoms with E-state index in [0.717, 1.165) is 11.8 Å². The number of carbonyl (C=O) groups excluding carboxylic acids is 1.